The zero-order valence-corrected chi connectivity index (χ0v) is 18.7. The average molecular weight is 474 g/mol. The van der Waals surface area contributed by atoms with Crippen LogP contribution in [0.25, 0.3) is 25.6 Å². The van der Waals surface area contributed by atoms with Gasteiger partial charge in [0, 0.05) is 32.8 Å². The maximum Gasteiger partial charge on any atom is 0.267 e. The highest BCUT2D eigenvalue weighted by Crippen LogP contribution is 2.37. The van der Waals surface area contributed by atoms with Crippen LogP contribution in [0, 0.1) is 0 Å². The number of aromatic nitrogens is 4. The molecule has 0 spiro atoms. The van der Waals surface area contributed by atoms with Crippen LogP contribution >= 0.6 is 45.9 Å². The third-order valence-corrected chi connectivity index (χ3v) is 7.40. The topological polar surface area (TPSA) is 72.2 Å². The van der Waals surface area contributed by atoms with E-state index in [1.54, 1.807) is 10.6 Å². The standard InChI is InChI=1S/C20H13Cl2N5OS2/c1-2-15-24-25-20-27(15)26-19(30-20)10-3-6-12(7-4-10)23-18(28)17-16(22)13-8-5-11(21)9-14(13)29-17/h3-9H,2H2,1H3,(H,23,28). The maximum absolute atomic E-state index is 12.8. The van der Waals surface area contributed by atoms with Crippen LogP contribution in [0.5, 0.6) is 0 Å². The van der Waals surface area contributed by atoms with Crippen LogP contribution in [0.15, 0.2) is 42.5 Å². The molecule has 6 nitrogen and oxygen atoms in total. The van der Waals surface area contributed by atoms with E-state index in [1.807, 2.05) is 43.3 Å². The predicted molar refractivity (Wildman–Crippen MR) is 123 cm³/mol. The Morgan fingerprint density at radius 3 is 2.67 bits per heavy atom. The summed E-state index contributed by atoms with van der Waals surface area (Å²) in [6.07, 6.45) is 0.766. The van der Waals surface area contributed by atoms with Crippen molar-refractivity contribution in [2.45, 2.75) is 13.3 Å². The van der Waals surface area contributed by atoms with Crippen molar-refractivity contribution in [3.8, 4) is 10.6 Å². The smallest absolute Gasteiger partial charge is 0.267 e. The quantitative estimate of drug-likeness (QED) is 0.337. The van der Waals surface area contributed by atoms with Gasteiger partial charge in [0.2, 0.25) is 4.96 Å². The molecule has 0 radical (unpaired) electrons. The fourth-order valence-electron chi connectivity index (χ4n) is 3.06. The van der Waals surface area contributed by atoms with Crippen LogP contribution in [0.3, 0.4) is 0 Å². The highest BCUT2D eigenvalue weighted by Gasteiger charge is 2.18. The van der Waals surface area contributed by atoms with Crippen LogP contribution in [0.2, 0.25) is 10.0 Å². The Labute approximate surface area is 189 Å². The summed E-state index contributed by atoms with van der Waals surface area (Å²) in [5, 5.41) is 18.5. The Bertz CT molecular complexity index is 1400. The molecule has 1 N–H and O–H groups in total. The summed E-state index contributed by atoms with van der Waals surface area (Å²) in [4.78, 5) is 14.0. The van der Waals surface area contributed by atoms with Gasteiger partial charge in [0.05, 0.1) is 5.02 Å². The summed E-state index contributed by atoms with van der Waals surface area (Å²) in [5.74, 6) is 0.578. The molecule has 0 fully saturated rings. The first-order valence-electron chi connectivity index (χ1n) is 9.04. The number of halogens is 2. The number of hydrogen-bond acceptors (Lipinski definition) is 6. The first-order chi connectivity index (χ1) is 14.5. The second-order valence-corrected chi connectivity index (χ2v) is 9.31. The molecular formula is C20H13Cl2N5OS2. The average Bonchev–Trinajstić information content (AvgIpc) is 3.41. The molecule has 10 heteroatoms. The van der Waals surface area contributed by atoms with E-state index in [0.717, 1.165) is 37.9 Å². The molecule has 0 saturated heterocycles. The van der Waals surface area contributed by atoms with E-state index in [-0.39, 0.29) is 5.91 Å². The summed E-state index contributed by atoms with van der Waals surface area (Å²) in [5.41, 5.74) is 1.62. The molecule has 0 aliphatic heterocycles. The van der Waals surface area contributed by atoms with E-state index < -0.39 is 0 Å². The molecule has 0 aliphatic carbocycles. The van der Waals surface area contributed by atoms with E-state index in [1.165, 1.54) is 22.7 Å². The molecule has 5 rings (SSSR count). The van der Waals surface area contributed by atoms with Crippen molar-refractivity contribution in [1.29, 1.82) is 0 Å². The van der Waals surface area contributed by atoms with Crippen molar-refractivity contribution in [1.82, 2.24) is 19.8 Å². The normalized spacial score (nSPS) is 11.4. The van der Waals surface area contributed by atoms with Crippen molar-refractivity contribution >= 4 is 72.5 Å². The molecule has 5 aromatic rings. The van der Waals surface area contributed by atoms with Crippen LogP contribution < -0.4 is 5.32 Å². The molecule has 1 amide bonds. The number of thiophene rings is 1. The lowest BCUT2D eigenvalue weighted by Crippen LogP contribution is -2.10. The van der Waals surface area contributed by atoms with E-state index in [0.29, 0.717) is 20.6 Å². The molecule has 30 heavy (non-hydrogen) atoms. The number of rotatable bonds is 4. The van der Waals surface area contributed by atoms with Crippen molar-refractivity contribution in [2.75, 3.05) is 5.32 Å². The number of carbonyl (C=O) groups excluding carboxylic acids is 1. The fraction of sp³-hybridized carbons (Fsp3) is 0.100. The van der Waals surface area contributed by atoms with E-state index in [9.17, 15) is 4.79 Å². The minimum Gasteiger partial charge on any atom is -0.321 e. The third-order valence-electron chi connectivity index (χ3n) is 4.56. The second-order valence-electron chi connectivity index (χ2n) is 6.49. The number of hydrogen-bond donors (Lipinski definition) is 1. The zero-order chi connectivity index (χ0) is 20.8. The molecule has 150 valence electrons. The molecule has 0 aliphatic rings. The summed E-state index contributed by atoms with van der Waals surface area (Å²) in [6, 6.07) is 12.9. The van der Waals surface area contributed by atoms with Crippen molar-refractivity contribution in [3.05, 3.63) is 63.2 Å². The van der Waals surface area contributed by atoms with Crippen molar-refractivity contribution in [2.24, 2.45) is 0 Å². The zero-order valence-electron chi connectivity index (χ0n) is 15.5. The third kappa shape index (κ3) is 3.35. The second kappa shape index (κ2) is 7.63. The summed E-state index contributed by atoms with van der Waals surface area (Å²) < 4.78 is 2.65. The van der Waals surface area contributed by atoms with E-state index in [4.69, 9.17) is 23.2 Å². The molecular weight excluding hydrogens is 461 g/mol. The highest BCUT2D eigenvalue weighted by molar-refractivity contribution is 7.21. The summed E-state index contributed by atoms with van der Waals surface area (Å²) in [7, 11) is 0. The van der Waals surface area contributed by atoms with Gasteiger partial charge in [-0.1, -0.05) is 47.5 Å². The van der Waals surface area contributed by atoms with E-state index in [2.05, 4.69) is 20.6 Å². The highest BCUT2D eigenvalue weighted by atomic mass is 35.5. The van der Waals surface area contributed by atoms with Crippen LogP contribution in [-0.4, -0.2) is 25.7 Å². The van der Waals surface area contributed by atoms with Gasteiger partial charge in [-0.05, 0) is 36.4 Å². The van der Waals surface area contributed by atoms with Gasteiger partial charge >= 0.3 is 0 Å². The number of nitrogens with zero attached hydrogens (tertiary/aromatic N) is 4. The lowest BCUT2D eigenvalue weighted by atomic mass is 10.2. The molecule has 0 unspecified atom stereocenters. The monoisotopic (exact) mass is 473 g/mol. The summed E-state index contributed by atoms with van der Waals surface area (Å²) >= 11 is 15.2. The molecule has 3 heterocycles. The minimum atomic E-state index is -0.253. The number of amides is 1. The van der Waals surface area contributed by atoms with Crippen LogP contribution in [0.4, 0.5) is 5.69 Å². The van der Waals surface area contributed by atoms with Gasteiger partial charge < -0.3 is 5.32 Å². The lowest BCUT2D eigenvalue weighted by molar-refractivity contribution is 0.103. The number of carbonyl (C=O) groups is 1. The Morgan fingerprint density at radius 1 is 1.10 bits per heavy atom. The largest absolute Gasteiger partial charge is 0.321 e. The predicted octanol–water partition coefficient (Wildman–Crippen LogP) is 6.19. The SMILES string of the molecule is CCc1nnc2sc(-c3ccc(NC(=O)c4sc5cc(Cl)ccc5c4Cl)cc3)nn12. The lowest BCUT2D eigenvalue weighted by Gasteiger charge is -2.05. The molecule has 0 atom stereocenters. The van der Waals surface area contributed by atoms with Gasteiger partial charge in [-0.3, -0.25) is 4.79 Å². The van der Waals surface area contributed by atoms with Gasteiger partial charge in [-0.2, -0.15) is 9.61 Å². The first kappa shape index (κ1) is 19.4. The molecule has 0 saturated carbocycles. The maximum atomic E-state index is 12.8. The first-order valence-corrected chi connectivity index (χ1v) is 11.4. The Kier molecular flexibility index (Phi) is 4.94. The molecule has 3 aromatic heterocycles. The van der Waals surface area contributed by atoms with Gasteiger partial charge in [0.25, 0.3) is 5.91 Å². The fourth-order valence-corrected chi connectivity index (χ4v) is 5.62. The van der Waals surface area contributed by atoms with Gasteiger partial charge in [-0.25, -0.2) is 0 Å². The van der Waals surface area contributed by atoms with Gasteiger partial charge in [0.15, 0.2) is 5.82 Å². The van der Waals surface area contributed by atoms with Gasteiger partial charge in [-0.15, -0.1) is 21.5 Å². The number of aryl methyl sites for hydroxylation is 1. The Morgan fingerprint density at radius 2 is 1.90 bits per heavy atom. The van der Waals surface area contributed by atoms with Crippen LogP contribution in [-0.2, 0) is 6.42 Å². The summed E-state index contributed by atoms with van der Waals surface area (Å²) in [6.45, 7) is 2.02. The van der Waals surface area contributed by atoms with Gasteiger partial charge in [0.1, 0.15) is 9.88 Å². The molecule has 2 aromatic carbocycles. The Hall–Kier alpha value is -2.52. The van der Waals surface area contributed by atoms with Crippen LogP contribution in [0.1, 0.15) is 22.4 Å². The van der Waals surface area contributed by atoms with E-state index >= 15 is 0 Å². The number of nitrogens with one attached hydrogen (secondary N) is 1. The number of anilines is 1. The molecule has 0 bridgehead atoms. The van der Waals surface area contributed by atoms with Crippen molar-refractivity contribution in [3.63, 3.8) is 0 Å². The number of fused-ring (bicyclic) bond motifs is 2. The number of benzene rings is 2. The Balaban J connectivity index is 1.38. The van der Waals surface area contributed by atoms with Crippen molar-refractivity contribution < 1.29 is 4.79 Å². The minimum absolute atomic E-state index is 0.253.